The molecule has 2 bridgehead atoms. The van der Waals surface area contributed by atoms with E-state index in [0.717, 1.165) is 6.92 Å². The molecule has 5 rings (SSSR count). The molecule has 9 atom stereocenters. The Labute approximate surface area is 302 Å². The number of furan rings is 1. The number of carbonyl (C=O) groups is 6. The molecule has 0 unspecified atom stereocenters. The zero-order chi connectivity index (χ0) is 38.7. The normalized spacial score (nSPS) is 35.4. The minimum atomic E-state index is -2.74. The number of fused-ring (bicyclic) bond motifs is 5. The number of methoxy groups -OCH3 is 1. The van der Waals surface area contributed by atoms with Gasteiger partial charge >= 0.3 is 29.8 Å². The van der Waals surface area contributed by atoms with Crippen LogP contribution < -0.4 is 0 Å². The van der Waals surface area contributed by atoms with Gasteiger partial charge in [0.05, 0.1) is 19.6 Å². The minimum absolute atomic E-state index is 0.170. The number of Topliss-reactive ketones (excluding diaryl/α,β-unsaturated/α-hetero) is 1. The molecular formula is C39H48O13. The average molecular weight is 725 g/mol. The predicted octanol–water partition coefficient (Wildman–Crippen LogP) is 4.82. The van der Waals surface area contributed by atoms with E-state index in [1.807, 2.05) is 6.92 Å². The molecule has 282 valence electrons. The van der Waals surface area contributed by atoms with Gasteiger partial charge in [0, 0.05) is 46.3 Å². The number of allylic oxidation sites excluding steroid dienone is 2. The molecule has 1 saturated heterocycles. The summed E-state index contributed by atoms with van der Waals surface area (Å²) in [5.74, 6) is -6.68. The lowest BCUT2D eigenvalue weighted by atomic mass is 9.38. The zero-order valence-electron chi connectivity index (χ0n) is 31.3. The van der Waals surface area contributed by atoms with Crippen LogP contribution >= 0.6 is 0 Å². The standard InChI is InChI=1S/C39H48O13/c1-11-19(3)31(42)50-28-27-26-23(13-15-37(27,8)29(51-33(28)44)22-14-16-48-18-22)38(9)24(17-25(41)47-10)36(6,7)35(52-32(43)20(4)12-2)39(46,34(38)45)30(26)49-21(5)40/h11-12,14,16,18,23-24,28-30,35,46H,13,15,17H2,1-10H3/b19-11+,20-12+/t23-,24-,28+,29-,30-,35-,37+,38+,39-/m0/s1. The Bertz CT molecular complexity index is 1780. The molecule has 1 N–H and O–H groups in total. The van der Waals surface area contributed by atoms with Crippen LogP contribution in [-0.4, -0.2) is 71.8 Å². The number of esters is 5. The lowest BCUT2D eigenvalue weighted by Crippen LogP contribution is -2.80. The Morgan fingerprint density at radius 3 is 2.12 bits per heavy atom. The van der Waals surface area contributed by atoms with Crippen LogP contribution in [0, 0.1) is 28.1 Å². The van der Waals surface area contributed by atoms with Gasteiger partial charge in [-0.3, -0.25) is 14.4 Å². The smallest absolute Gasteiger partial charge is 0.352 e. The summed E-state index contributed by atoms with van der Waals surface area (Å²) < 4.78 is 34.4. The zero-order valence-corrected chi connectivity index (χ0v) is 31.3. The molecule has 1 aliphatic heterocycles. The molecule has 13 heteroatoms. The van der Waals surface area contributed by atoms with Crippen molar-refractivity contribution in [1.29, 1.82) is 0 Å². The van der Waals surface area contributed by atoms with E-state index in [9.17, 15) is 29.1 Å². The van der Waals surface area contributed by atoms with Gasteiger partial charge in [0.25, 0.3) is 0 Å². The van der Waals surface area contributed by atoms with E-state index in [1.54, 1.807) is 40.7 Å². The Hall–Kier alpha value is -4.52. The first-order valence-electron chi connectivity index (χ1n) is 17.4. The Morgan fingerprint density at radius 1 is 0.962 bits per heavy atom. The molecule has 0 radical (unpaired) electrons. The van der Waals surface area contributed by atoms with Crippen LogP contribution in [0.2, 0.25) is 0 Å². The molecule has 2 heterocycles. The first kappa shape index (κ1) is 38.7. The maximum absolute atomic E-state index is 15.2. The third kappa shape index (κ3) is 5.62. The molecule has 1 aromatic heterocycles. The largest absolute Gasteiger partial charge is 0.472 e. The van der Waals surface area contributed by atoms with Crippen molar-refractivity contribution in [1.82, 2.24) is 0 Å². The second kappa shape index (κ2) is 13.5. The fourth-order valence-corrected chi connectivity index (χ4v) is 9.36. The number of aliphatic hydroxyl groups is 1. The Morgan fingerprint density at radius 2 is 1.58 bits per heavy atom. The van der Waals surface area contributed by atoms with Gasteiger partial charge in [0.15, 0.2) is 11.9 Å². The molecule has 2 saturated carbocycles. The van der Waals surface area contributed by atoms with Gasteiger partial charge in [-0.25, -0.2) is 14.4 Å². The number of hydrogen-bond donors (Lipinski definition) is 1. The molecule has 3 fully saturated rings. The Balaban J connectivity index is 1.92. The van der Waals surface area contributed by atoms with Crippen LogP contribution in [0.5, 0.6) is 0 Å². The highest BCUT2D eigenvalue weighted by atomic mass is 16.6. The van der Waals surface area contributed by atoms with Crippen molar-refractivity contribution in [3.8, 4) is 0 Å². The highest BCUT2D eigenvalue weighted by Crippen LogP contribution is 2.69. The quantitative estimate of drug-likeness (QED) is 0.167. The predicted molar refractivity (Wildman–Crippen MR) is 182 cm³/mol. The molecule has 0 aromatic carbocycles. The highest BCUT2D eigenvalue weighted by molar-refractivity contribution is 6.00. The van der Waals surface area contributed by atoms with E-state index in [4.69, 9.17) is 28.1 Å². The summed E-state index contributed by atoms with van der Waals surface area (Å²) in [4.78, 5) is 82.5. The first-order chi connectivity index (χ1) is 24.3. The monoisotopic (exact) mass is 724 g/mol. The van der Waals surface area contributed by atoms with Crippen LogP contribution in [0.25, 0.3) is 0 Å². The second-order valence-corrected chi connectivity index (χ2v) is 15.3. The van der Waals surface area contributed by atoms with Gasteiger partial charge in [0.1, 0.15) is 12.2 Å². The topological polar surface area (TPSA) is 182 Å². The van der Waals surface area contributed by atoms with Gasteiger partial charge in [-0.2, -0.15) is 0 Å². The van der Waals surface area contributed by atoms with Crippen molar-refractivity contribution in [2.24, 2.45) is 28.1 Å². The van der Waals surface area contributed by atoms with Gasteiger partial charge < -0.3 is 33.2 Å². The number of cyclic esters (lactones) is 1. The van der Waals surface area contributed by atoms with Crippen LogP contribution in [0.3, 0.4) is 0 Å². The maximum Gasteiger partial charge on any atom is 0.352 e. The molecule has 13 nitrogen and oxygen atoms in total. The van der Waals surface area contributed by atoms with E-state index >= 15 is 4.79 Å². The van der Waals surface area contributed by atoms with Gasteiger partial charge in [-0.15, -0.1) is 0 Å². The number of carbonyl (C=O) groups excluding carboxylic acids is 6. The summed E-state index contributed by atoms with van der Waals surface area (Å²) in [5.41, 5.74) is -5.57. The first-order valence-corrected chi connectivity index (χ1v) is 17.4. The molecule has 0 amide bonds. The summed E-state index contributed by atoms with van der Waals surface area (Å²) in [6.45, 7) is 14.2. The SMILES string of the molecule is C/C=C(\C)C(=O)O[C@H]1C(=O)O[C@@H](c2ccoc2)[C@]2(C)CC[C@H]3C(=C12)[C@H](OC(C)=O)[C@]1(O)C(=O)[C@@]3(C)[C@@H](CC(=O)OC)C(C)(C)[C@@H]1OC(=O)/C(C)=C/C. The lowest BCUT2D eigenvalue weighted by Gasteiger charge is -2.67. The van der Waals surface area contributed by atoms with E-state index in [1.165, 1.54) is 45.6 Å². The van der Waals surface area contributed by atoms with E-state index in [-0.39, 0.29) is 41.6 Å². The second-order valence-electron chi connectivity index (χ2n) is 15.3. The van der Waals surface area contributed by atoms with E-state index in [0.29, 0.717) is 5.56 Å². The highest BCUT2D eigenvalue weighted by Gasteiger charge is 2.79. The van der Waals surface area contributed by atoms with E-state index < -0.39 is 93.7 Å². The molecule has 52 heavy (non-hydrogen) atoms. The van der Waals surface area contributed by atoms with Crippen molar-refractivity contribution < 1.29 is 62.0 Å². The van der Waals surface area contributed by atoms with Crippen molar-refractivity contribution in [2.45, 2.75) is 112 Å². The number of ketones is 1. The summed E-state index contributed by atoms with van der Waals surface area (Å²) in [6.07, 6.45) is -0.0765. The van der Waals surface area contributed by atoms with E-state index in [2.05, 4.69) is 0 Å². The summed E-state index contributed by atoms with van der Waals surface area (Å²) >= 11 is 0. The number of ether oxygens (including phenoxy) is 5. The lowest BCUT2D eigenvalue weighted by molar-refractivity contribution is -0.257. The fraction of sp³-hybridized carbons (Fsp3) is 0.590. The van der Waals surface area contributed by atoms with Crippen LogP contribution in [0.1, 0.15) is 93.2 Å². The molecule has 3 aliphatic carbocycles. The van der Waals surface area contributed by atoms with Gasteiger partial charge in [-0.05, 0) is 69.6 Å². The fourth-order valence-electron chi connectivity index (χ4n) is 9.36. The van der Waals surface area contributed by atoms with Crippen molar-refractivity contribution >= 4 is 35.6 Å². The molecule has 0 spiro atoms. The third-order valence-electron chi connectivity index (χ3n) is 12.2. The summed E-state index contributed by atoms with van der Waals surface area (Å²) in [7, 11) is 1.22. The maximum atomic E-state index is 15.2. The van der Waals surface area contributed by atoms with Crippen molar-refractivity contribution in [2.75, 3.05) is 7.11 Å². The summed E-state index contributed by atoms with van der Waals surface area (Å²) in [5, 5.41) is 13.2. The van der Waals surface area contributed by atoms with Crippen LogP contribution in [-0.2, 0) is 52.5 Å². The average Bonchev–Trinajstić information content (AvgIpc) is 3.64. The minimum Gasteiger partial charge on any atom is -0.472 e. The van der Waals surface area contributed by atoms with Crippen molar-refractivity contribution in [3.63, 3.8) is 0 Å². The third-order valence-corrected chi connectivity index (χ3v) is 12.2. The molecular weight excluding hydrogens is 676 g/mol. The number of rotatable bonds is 8. The number of hydrogen-bond acceptors (Lipinski definition) is 13. The Kier molecular flexibility index (Phi) is 10.0. The molecule has 1 aromatic rings. The van der Waals surface area contributed by atoms with Crippen LogP contribution in [0.4, 0.5) is 0 Å². The van der Waals surface area contributed by atoms with Gasteiger partial charge in [-0.1, -0.05) is 39.8 Å². The van der Waals surface area contributed by atoms with Crippen LogP contribution in [0.15, 0.2) is 57.5 Å². The summed E-state index contributed by atoms with van der Waals surface area (Å²) in [6, 6.07) is 1.64. The molecule has 4 aliphatic rings. The van der Waals surface area contributed by atoms with Gasteiger partial charge in [0.2, 0.25) is 11.7 Å². The van der Waals surface area contributed by atoms with Crippen molar-refractivity contribution in [3.05, 3.63) is 58.6 Å².